The molecule has 0 aliphatic rings. The molecular formula is C14H17N3O3S. The molecule has 2 heterocycles. The van der Waals surface area contributed by atoms with Gasteiger partial charge in [0.1, 0.15) is 11.7 Å². The van der Waals surface area contributed by atoms with Crippen LogP contribution >= 0.6 is 11.8 Å². The van der Waals surface area contributed by atoms with Crippen LogP contribution < -0.4 is 5.32 Å². The summed E-state index contributed by atoms with van der Waals surface area (Å²) in [6, 6.07) is 3.33. The van der Waals surface area contributed by atoms with Crippen molar-refractivity contribution in [3.8, 4) is 0 Å². The molecule has 1 amide bonds. The molecule has 1 atom stereocenters. The lowest BCUT2D eigenvalue weighted by molar-refractivity contribution is -0.144. The van der Waals surface area contributed by atoms with Crippen LogP contribution in [-0.4, -0.2) is 40.2 Å². The van der Waals surface area contributed by atoms with E-state index in [-0.39, 0.29) is 5.91 Å². The molecule has 112 valence electrons. The summed E-state index contributed by atoms with van der Waals surface area (Å²) in [5.41, 5.74) is 1.98. The molecule has 7 heteroatoms. The highest BCUT2D eigenvalue weighted by molar-refractivity contribution is 7.98. The number of hydrogen-bond acceptors (Lipinski definition) is 5. The molecule has 0 spiro atoms. The van der Waals surface area contributed by atoms with Crippen molar-refractivity contribution in [2.24, 2.45) is 0 Å². The van der Waals surface area contributed by atoms with Gasteiger partial charge in [-0.05, 0) is 6.07 Å². The summed E-state index contributed by atoms with van der Waals surface area (Å²) in [7, 11) is 1.31. The van der Waals surface area contributed by atoms with Gasteiger partial charge < -0.3 is 14.5 Å². The summed E-state index contributed by atoms with van der Waals surface area (Å²) in [5, 5.41) is 2.59. The predicted octanol–water partition coefficient (Wildman–Crippen LogP) is 1.25. The maximum absolute atomic E-state index is 11.6. The number of carbonyl (C=O) groups excluding carboxylic acids is 2. The lowest BCUT2D eigenvalue weighted by atomic mass is 10.3. The van der Waals surface area contributed by atoms with Crippen LogP contribution in [0.5, 0.6) is 0 Å². The third-order valence-electron chi connectivity index (χ3n) is 2.91. The lowest BCUT2D eigenvalue weighted by Gasteiger charge is -2.15. The van der Waals surface area contributed by atoms with E-state index < -0.39 is 12.0 Å². The summed E-state index contributed by atoms with van der Waals surface area (Å²) >= 11 is 1.55. The molecule has 0 saturated carbocycles. The second-order valence-electron chi connectivity index (χ2n) is 4.48. The van der Waals surface area contributed by atoms with Crippen molar-refractivity contribution in [1.29, 1.82) is 0 Å². The number of nitrogens with one attached hydrogen (secondary N) is 1. The van der Waals surface area contributed by atoms with Crippen LogP contribution in [0.3, 0.4) is 0 Å². The van der Waals surface area contributed by atoms with Crippen molar-refractivity contribution in [2.45, 2.75) is 18.7 Å². The molecule has 0 fully saturated rings. The number of rotatable bonds is 6. The molecule has 0 aromatic carbocycles. The minimum Gasteiger partial charge on any atom is -0.467 e. The SMILES string of the molecule is COC(=O)[C@H](CSCc1cccn2ccnc12)NC(C)=O. The van der Waals surface area contributed by atoms with Gasteiger partial charge >= 0.3 is 5.97 Å². The van der Waals surface area contributed by atoms with Crippen molar-refractivity contribution in [1.82, 2.24) is 14.7 Å². The largest absolute Gasteiger partial charge is 0.467 e. The average molecular weight is 307 g/mol. The van der Waals surface area contributed by atoms with Gasteiger partial charge in [0.05, 0.1) is 7.11 Å². The number of thioether (sulfide) groups is 1. The second kappa shape index (κ2) is 7.12. The number of pyridine rings is 1. The number of aromatic nitrogens is 2. The predicted molar refractivity (Wildman–Crippen MR) is 81.0 cm³/mol. The Morgan fingerprint density at radius 3 is 3.00 bits per heavy atom. The molecule has 0 aliphatic carbocycles. The number of hydrogen-bond donors (Lipinski definition) is 1. The molecule has 21 heavy (non-hydrogen) atoms. The molecule has 1 N–H and O–H groups in total. The number of nitrogens with zero attached hydrogens (tertiary/aromatic N) is 2. The highest BCUT2D eigenvalue weighted by atomic mass is 32.2. The van der Waals surface area contributed by atoms with Crippen LogP contribution in [0.4, 0.5) is 0 Å². The lowest BCUT2D eigenvalue weighted by Crippen LogP contribution is -2.42. The van der Waals surface area contributed by atoms with Crippen molar-refractivity contribution < 1.29 is 14.3 Å². The molecule has 6 nitrogen and oxygen atoms in total. The van der Waals surface area contributed by atoms with Gasteiger partial charge in [0.25, 0.3) is 0 Å². The number of amides is 1. The molecule has 2 rings (SSSR count). The maximum Gasteiger partial charge on any atom is 0.329 e. The zero-order valence-corrected chi connectivity index (χ0v) is 12.7. The fraction of sp³-hybridized carbons (Fsp3) is 0.357. The van der Waals surface area contributed by atoms with E-state index in [1.807, 2.05) is 28.9 Å². The van der Waals surface area contributed by atoms with E-state index in [1.165, 1.54) is 14.0 Å². The van der Waals surface area contributed by atoms with Crippen molar-refractivity contribution in [3.05, 3.63) is 36.3 Å². The molecule has 2 aromatic rings. The maximum atomic E-state index is 11.6. The van der Waals surface area contributed by atoms with E-state index in [2.05, 4.69) is 10.3 Å². The van der Waals surface area contributed by atoms with Crippen molar-refractivity contribution >= 4 is 29.3 Å². The van der Waals surface area contributed by atoms with Crippen LogP contribution in [0.2, 0.25) is 0 Å². The van der Waals surface area contributed by atoms with E-state index in [9.17, 15) is 9.59 Å². The molecule has 0 bridgehead atoms. The van der Waals surface area contributed by atoms with Gasteiger partial charge in [0.2, 0.25) is 5.91 Å². The van der Waals surface area contributed by atoms with Crippen LogP contribution in [0, 0.1) is 0 Å². The number of ether oxygens (including phenoxy) is 1. The average Bonchev–Trinajstić information content (AvgIpc) is 2.94. The zero-order chi connectivity index (χ0) is 15.2. The standard InChI is InChI=1S/C14H17N3O3S/c1-10(18)16-12(14(19)20-2)9-21-8-11-4-3-6-17-7-5-15-13(11)17/h3-7,12H,8-9H2,1-2H3,(H,16,18)/t12-/m0/s1. The van der Waals surface area contributed by atoms with Gasteiger partial charge in [-0.25, -0.2) is 9.78 Å². The normalized spacial score (nSPS) is 12.1. The minimum atomic E-state index is -0.628. The number of imidazole rings is 1. The van der Waals surface area contributed by atoms with Crippen LogP contribution in [0.15, 0.2) is 30.7 Å². The highest BCUT2D eigenvalue weighted by Gasteiger charge is 2.20. The van der Waals surface area contributed by atoms with E-state index in [1.54, 1.807) is 18.0 Å². The minimum absolute atomic E-state index is 0.249. The monoisotopic (exact) mass is 307 g/mol. The van der Waals surface area contributed by atoms with E-state index in [4.69, 9.17) is 4.74 Å². The van der Waals surface area contributed by atoms with Crippen LogP contribution in [-0.2, 0) is 20.1 Å². The molecule has 0 saturated heterocycles. The summed E-state index contributed by atoms with van der Waals surface area (Å²) < 4.78 is 6.64. The Labute approximate surface area is 126 Å². The number of esters is 1. The number of methoxy groups -OCH3 is 1. The van der Waals surface area contributed by atoms with E-state index in [0.717, 1.165) is 11.2 Å². The fourth-order valence-electron chi connectivity index (χ4n) is 1.96. The van der Waals surface area contributed by atoms with E-state index in [0.29, 0.717) is 11.5 Å². The van der Waals surface area contributed by atoms with Gasteiger partial charge in [-0.2, -0.15) is 11.8 Å². The van der Waals surface area contributed by atoms with Crippen molar-refractivity contribution in [3.63, 3.8) is 0 Å². The van der Waals surface area contributed by atoms with Crippen LogP contribution in [0.1, 0.15) is 12.5 Å². The molecule has 0 radical (unpaired) electrons. The van der Waals surface area contributed by atoms with E-state index >= 15 is 0 Å². The Kier molecular flexibility index (Phi) is 5.21. The molecule has 0 aliphatic heterocycles. The fourth-order valence-corrected chi connectivity index (χ4v) is 2.98. The first-order valence-electron chi connectivity index (χ1n) is 6.45. The zero-order valence-electron chi connectivity index (χ0n) is 11.9. The number of fused-ring (bicyclic) bond motifs is 1. The Balaban J connectivity index is 1.97. The van der Waals surface area contributed by atoms with Gasteiger partial charge in [-0.3, -0.25) is 4.79 Å². The van der Waals surface area contributed by atoms with Crippen LogP contribution in [0.25, 0.3) is 5.65 Å². The Hall–Kier alpha value is -2.02. The first-order valence-corrected chi connectivity index (χ1v) is 7.60. The van der Waals surface area contributed by atoms with Gasteiger partial charge in [0, 0.05) is 42.6 Å². The summed E-state index contributed by atoms with van der Waals surface area (Å²) in [6.45, 7) is 1.38. The molecular weight excluding hydrogens is 290 g/mol. The third kappa shape index (κ3) is 3.98. The van der Waals surface area contributed by atoms with Crippen molar-refractivity contribution in [2.75, 3.05) is 12.9 Å². The third-order valence-corrected chi connectivity index (χ3v) is 3.99. The highest BCUT2D eigenvalue weighted by Crippen LogP contribution is 2.17. The Morgan fingerprint density at radius 2 is 2.29 bits per heavy atom. The van der Waals surface area contributed by atoms with Gasteiger partial charge in [-0.15, -0.1) is 0 Å². The number of carbonyl (C=O) groups is 2. The Bertz CT molecular complexity index is 641. The first kappa shape index (κ1) is 15.4. The topological polar surface area (TPSA) is 72.7 Å². The Morgan fingerprint density at radius 1 is 1.48 bits per heavy atom. The second-order valence-corrected chi connectivity index (χ2v) is 5.51. The summed E-state index contributed by atoms with van der Waals surface area (Å²) in [5.74, 6) is 0.473. The first-order chi connectivity index (χ1) is 10.1. The van der Waals surface area contributed by atoms with Gasteiger partial charge in [0.15, 0.2) is 0 Å². The van der Waals surface area contributed by atoms with Gasteiger partial charge in [-0.1, -0.05) is 6.07 Å². The smallest absolute Gasteiger partial charge is 0.329 e. The molecule has 0 unspecified atom stereocenters. The summed E-state index contributed by atoms with van der Waals surface area (Å²) in [6.07, 6.45) is 5.57. The summed E-state index contributed by atoms with van der Waals surface area (Å²) in [4.78, 5) is 27.0. The molecule has 2 aromatic heterocycles. The quantitative estimate of drug-likeness (QED) is 0.813.